The fourth-order valence-electron chi connectivity index (χ4n) is 3.07. The van der Waals surface area contributed by atoms with Gasteiger partial charge < -0.3 is 9.30 Å². The molecule has 0 saturated carbocycles. The van der Waals surface area contributed by atoms with Crippen molar-refractivity contribution in [1.82, 2.24) is 13.2 Å². The minimum atomic E-state index is -3.52. The summed E-state index contributed by atoms with van der Waals surface area (Å²) in [5.74, 6) is 0.787. The quantitative estimate of drug-likeness (QED) is 0.831. The molecule has 0 N–H and O–H groups in total. The maximum atomic E-state index is 12.8. The Hall–Kier alpha value is -1.83. The first-order chi connectivity index (χ1) is 11.4. The van der Waals surface area contributed by atoms with Gasteiger partial charge in [-0.1, -0.05) is 12.1 Å². The minimum absolute atomic E-state index is 0.336. The highest BCUT2D eigenvalue weighted by molar-refractivity contribution is 7.86. The number of rotatable bonds is 5. The summed E-state index contributed by atoms with van der Waals surface area (Å²) < 4.78 is 36.0. The molecule has 0 amide bonds. The van der Waals surface area contributed by atoms with Crippen molar-refractivity contribution in [2.45, 2.75) is 19.5 Å². The normalized spacial score (nSPS) is 18.6. The summed E-state index contributed by atoms with van der Waals surface area (Å²) in [5.41, 5.74) is 1.92. The predicted octanol–water partition coefficient (Wildman–Crippen LogP) is 2.10. The van der Waals surface area contributed by atoms with Crippen molar-refractivity contribution >= 4 is 10.2 Å². The second kappa shape index (κ2) is 6.58. The summed E-state index contributed by atoms with van der Waals surface area (Å²) in [5, 5.41) is 0. The molecule has 1 aliphatic heterocycles. The second-order valence-electron chi connectivity index (χ2n) is 5.93. The summed E-state index contributed by atoms with van der Waals surface area (Å²) in [4.78, 5) is 0. The molecule has 130 valence electrons. The van der Waals surface area contributed by atoms with Crippen LogP contribution in [0.1, 0.15) is 24.2 Å². The number of benzene rings is 1. The van der Waals surface area contributed by atoms with Crippen LogP contribution in [0.15, 0.2) is 42.6 Å². The molecule has 0 spiro atoms. The maximum Gasteiger partial charge on any atom is 0.282 e. The standard InChI is InChI=1S/C17H23N3O3S/c1-4-23-15-9-7-14(8-10-15)17-16-6-5-11-19(16)12-13-20(17)24(21,22)18(2)3/h5-11,17H,4,12-13H2,1-3H3/t17-/m0/s1. The average Bonchev–Trinajstić information content (AvgIpc) is 3.03. The van der Waals surface area contributed by atoms with Gasteiger partial charge in [0.25, 0.3) is 10.2 Å². The first-order valence-corrected chi connectivity index (χ1v) is 9.42. The molecule has 24 heavy (non-hydrogen) atoms. The van der Waals surface area contributed by atoms with Crippen LogP contribution in [0, 0.1) is 0 Å². The van der Waals surface area contributed by atoms with Gasteiger partial charge in [-0.2, -0.15) is 17.0 Å². The van der Waals surface area contributed by atoms with E-state index in [1.54, 1.807) is 18.4 Å². The zero-order valence-electron chi connectivity index (χ0n) is 14.2. The molecule has 0 radical (unpaired) electrons. The Morgan fingerprint density at radius 1 is 1.17 bits per heavy atom. The van der Waals surface area contributed by atoms with E-state index < -0.39 is 10.2 Å². The second-order valence-corrected chi connectivity index (χ2v) is 8.03. The fraction of sp³-hybridized carbons (Fsp3) is 0.412. The summed E-state index contributed by atoms with van der Waals surface area (Å²) in [6, 6.07) is 11.3. The average molecular weight is 349 g/mol. The lowest BCUT2D eigenvalue weighted by molar-refractivity contribution is 0.281. The zero-order chi connectivity index (χ0) is 17.3. The lowest BCUT2D eigenvalue weighted by atomic mass is 10.0. The van der Waals surface area contributed by atoms with Crippen molar-refractivity contribution in [3.8, 4) is 5.75 Å². The van der Waals surface area contributed by atoms with Gasteiger partial charge in [-0.15, -0.1) is 0 Å². The van der Waals surface area contributed by atoms with E-state index in [-0.39, 0.29) is 6.04 Å². The summed E-state index contributed by atoms with van der Waals surface area (Å²) in [6.07, 6.45) is 2.00. The number of aromatic nitrogens is 1. The lowest BCUT2D eigenvalue weighted by Crippen LogP contribution is -2.47. The third-order valence-corrected chi connectivity index (χ3v) is 6.17. The topological polar surface area (TPSA) is 54.8 Å². The maximum absolute atomic E-state index is 12.8. The molecular formula is C17H23N3O3S. The Labute approximate surface area is 143 Å². The molecule has 1 aromatic heterocycles. The first-order valence-electron chi connectivity index (χ1n) is 8.02. The van der Waals surface area contributed by atoms with Crippen molar-refractivity contribution < 1.29 is 13.2 Å². The smallest absolute Gasteiger partial charge is 0.282 e. The van der Waals surface area contributed by atoms with Gasteiger partial charge >= 0.3 is 0 Å². The number of hydrogen-bond acceptors (Lipinski definition) is 3. The Morgan fingerprint density at radius 3 is 2.50 bits per heavy atom. The van der Waals surface area contributed by atoms with Gasteiger partial charge in [-0.3, -0.25) is 0 Å². The highest BCUT2D eigenvalue weighted by Gasteiger charge is 2.37. The van der Waals surface area contributed by atoms with Crippen LogP contribution in [-0.2, 0) is 16.8 Å². The van der Waals surface area contributed by atoms with Crippen molar-refractivity contribution in [1.29, 1.82) is 0 Å². The van der Waals surface area contributed by atoms with E-state index in [2.05, 4.69) is 4.57 Å². The fourth-order valence-corrected chi connectivity index (χ4v) is 4.30. The molecule has 7 heteroatoms. The number of ether oxygens (including phenoxy) is 1. The van der Waals surface area contributed by atoms with Crippen molar-refractivity contribution in [2.75, 3.05) is 27.2 Å². The van der Waals surface area contributed by atoms with Gasteiger partial charge in [0.05, 0.1) is 12.6 Å². The minimum Gasteiger partial charge on any atom is -0.494 e. The molecule has 0 saturated heterocycles. The molecule has 0 unspecified atom stereocenters. The Kier molecular flexibility index (Phi) is 4.67. The van der Waals surface area contributed by atoms with Crippen LogP contribution in [0.3, 0.4) is 0 Å². The summed E-state index contributed by atoms with van der Waals surface area (Å²) in [6.45, 7) is 3.64. The van der Waals surface area contributed by atoms with E-state index in [9.17, 15) is 8.42 Å². The Balaban J connectivity index is 2.05. The monoisotopic (exact) mass is 349 g/mol. The van der Waals surface area contributed by atoms with Crippen LogP contribution in [0.5, 0.6) is 5.75 Å². The number of nitrogens with zero attached hydrogens (tertiary/aromatic N) is 3. The third kappa shape index (κ3) is 2.94. The molecule has 1 aliphatic rings. The molecule has 2 aromatic rings. The van der Waals surface area contributed by atoms with Crippen molar-refractivity contribution in [3.05, 3.63) is 53.9 Å². The van der Waals surface area contributed by atoms with Crippen LogP contribution >= 0.6 is 0 Å². The molecule has 0 fully saturated rings. The highest BCUT2D eigenvalue weighted by atomic mass is 32.2. The van der Waals surface area contributed by atoms with E-state index >= 15 is 0 Å². The predicted molar refractivity (Wildman–Crippen MR) is 93.2 cm³/mol. The van der Waals surface area contributed by atoms with Gasteiger partial charge in [-0.05, 0) is 36.8 Å². The largest absolute Gasteiger partial charge is 0.494 e. The van der Waals surface area contributed by atoms with Gasteiger partial charge in [0.15, 0.2) is 0 Å². The van der Waals surface area contributed by atoms with Crippen molar-refractivity contribution in [2.24, 2.45) is 0 Å². The molecule has 1 atom stereocenters. The van der Waals surface area contributed by atoms with E-state index in [4.69, 9.17) is 4.74 Å². The SMILES string of the molecule is CCOc1ccc([C@H]2c3cccn3CCN2S(=O)(=O)N(C)C)cc1. The van der Waals surface area contributed by atoms with Crippen LogP contribution in [0.4, 0.5) is 0 Å². The van der Waals surface area contributed by atoms with Gasteiger partial charge in [0.2, 0.25) is 0 Å². The van der Waals surface area contributed by atoms with E-state index in [0.717, 1.165) is 17.0 Å². The van der Waals surface area contributed by atoms with E-state index in [0.29, 0.717) is 19.7 Å². The Morgan fingerprint density at radius 2 is 1.88 bits per heavy atom. The van der Waals surface area contributed by atoms with Gasteiger partial charge in [0.1, 0.15) is 5.75 Å². The number of hydrogen-bond donors (Lipinski definition) is 0. The lowest BCUT2D eigenvalue weighted by Gasteiger charge is -2.37. The molecule has 0 bridgehead atoms. The van der Waals surface area contributed by atoms with E-state index in [1.807, 2.05) is 49.5 Å². The highest BCUT2D eigenvalue weighted by Crippen LogP contribution is 2.35. The number of fused-ring (bicyclic) bond motifs is 1. The molecule has 6 nitrogen and oxygen atoms in total. The molecule has 0 aliphatic carbocycles. The molecule has 3 rings (SSSR count). The molecular weight excluding hydrogens is 326 g/mol. The van der Waals surface area contributed by atoms with Gasteiger partial charge in [-0.25, -0.2) is 0 Å². The summed E-state index contributed by atoms with van der Waals surface area (Å²) >= 11 is 0. The van der Waals surface area contributed by atoms with E-state index in [1.165, 1.54) is 4.31 Å². The molecule has 2 heterocycles. The Bertz CT molecular complexity index is 797. The summed E-state index contributed by atoms with van der Waals surface area (Å²) in [7, 11) is -0.381. The molecule has 1 aromatic carbocycles. The third-order valence-electron chi connectivity index (χ3n) is 4.26. The van der Waals surface area contributed by atoms with Gasteiger partial charge in [0, 0.05) is 39.1 Å². The van der Waals surface area contributed by atoms with Crippen LogP contribution in [0.25, 0.3) is 0 Å². The van der Waals surface area contributed by atoms with Crippen molar-refractivity contribution in [3.63, 3.8) is 0 Å². The van der Waals surface area contributed by atoms with Crippen LogP contribution in [-0.4, -0.2) is 48.8 Å². The van der Waals surface area contributed by atoms with Crippen LogP contribution in [0.2, 0.25) is 0 Å². The van der Waals surface area contributed by atoms with Crippen LogP contribution < -0.4 is 4.74 Å². The first kappa shape index (κ1) is 17.0. The zero-order valence-corrected chi connectivity index (χ0v) is 15.0.